The summed E-state index contributed by atoms with van der Waals surface area (Å²) in [6.07, 6.45) is 3.68. The standard InChI is InChI=1S/C18H16N4O2/c1-21(9-13-2-4-16-17(6-13)24-12-23-16)11-15-8-20-18-5-3-14(7-19)10-22(15)18/h2-6,8,10H,9,11-12H2,1H3. The third-order valence-electron chi connectivity index (χ3n) is 4.03. The molecule has 0 saturated carbocycles. The maximum absolute atomic E-state index is 9.06. The van der Waals surface area contributed by atoms with Crippen molar-refractivity contribution in [3.05, 3.63) is 59.5 Å². The lowest BCUT2D eigenvalue weighted by molar-refractivity contribution is 0.174. The van der Waals surface area contributed by atoms with Crippen molar-refractivity contribution in [2.24, 2.45) is 0 Å². The van der Waals surface area contributed by atoms with E-state index in [1.54, 1.807) is 6.07 Å². The van der Waals surface area contributed by atoms with Crippen LogP contribution in [0.2, 0.25) is 0 Å². The van der Waals surface area contributed by atoms with Gasteiger partial charge in [0.05, 0.1) is 17.5 Å². The van der Waals surface area contributed by atoms with E-state index in [9.17, 15) is 0 Å². The van der Waals surface area contributed by atoms with Gasteiger partial charge in [-0.05, 0) is 36.9 Å². The number of imidazole rings is 1. The number of rotatable bonds is 4. The van der Waals surface area contributed by atoms with Gasteiger partial charge in [0, 0.05) is 19.3 Å². The maximum atomic E-state index is 9.06. The first-order chi connectivity index (χ1) is 11.7. The molecule has 0 bridgehead atoms. The highest BCUT2D eigenvalue weighted by atomic mass is 16.7. The molecule has 0 amide bonds. The SMILES string of the molecule is CN(Cc1ccc2c(c1)OCO2)Cc1cnc2ccc(C#N)cn12. The molecule has 120 valence electrons. The Morgan fingerprint density at radius 2 is 2.08 bits per heavy atom. The number of aromatic nitrogens is 2. The predicted octanol–water partition coefficient (Wildman–Crippen LogP) is 2.57. The summed E-state index contributed by atoms with van der Waals surface area (Å²) >= 11 is 0. The molecule has 4 rings (SSSR count). The summed E-state index contributed by atoms with van der Waals surface area (Å²) in [5.41, 5.74) is 3.68. The third-order valence-corrected chi connectivity index (χ3v) is 4.03. The summed E-state index contributed by atoms with van der Waals surface area (Å²) < 4.78 is 12.7. The van der Waals surface area contributed by atoms with Gasteiger partial charge in [-0.3, -0.25) is 4.90 Å². The summed E-state index contributed by atoms with van der Waals surface area (Å²) in [7, 11) is 2.05. The highest BCUT2D eigenvalue weighted by Gasteiger charge is 2.14. The van der Waals surface area contributed by atoms with Crippen LogP contribution in [0.25, 0.3) is 5.65 Å². The third kappa shape index (κ3) is 2.66. The summed E-state index contributed by atoms with van der Waals surface area (Å²) in [4.78, 5) is 6.59. The highest BCUT2D eigenvalue weighted by molar-refractivity contribution is 5.45. The first-order valence-electron chi connectivity index (χ1n) is 7.66. The Hall–Kier alpha value is -3.04. The second-order valence-corrected chi connectivity index (χ2v) is 5.87. The van der Waals surface area contributed by atoms with E-state index in [0.717, 1.165) is 41.5 Å². The van der Waals surface area contributed by atoms with E-state index in [1.165, 1.54) is 0 Å². The Morgan fingerprint density at radius 3 is 2.96 bits per heavy atom. The minimum atomic E-state index is 0.289. The molecule has 3 aromatic rings. The molecule has 1 aliphatic rings. The Labute approximate surface area is 139 Å². The number of ether oxygens (including phenoxy) is 2. The van der Waals surface area contributed by atoms with Crippen LogP contribution in [0, 0.1) is 11.3 Å². The van der Waals surface area contributed by atoms with Crippen LogP contribution in [0.15, 0.2) is 42.7 Å². The minimum Gasteiger partial charge on any atom is -0.454 e. The van der Waals surface area contributed by atoms with Crippen molar-refractivity contribution in [1.29, 1.82) is 5.26 Å². The van der Waals surface area contributed by atoms with Gasteiger partial charge in [0.25, 0.3) is 0 Å². The first kappa shape index (κ1) is 14.5. The largest absolute Gasteiger partial charge is 0.454 e. The fourth-order valence-electron chi connectivity index (χ4n) is 2.90. The predicted molar refractivity (Wildman–Crippen MR) is 87.6 cm³/mol. The van der Waals surface area contributed by atoms with Gasteiger partial charge >= 0.3 is 0 Å². The van der Waals surface area contributed by atoms with Crippen LogP contribution in [-0.2, 0) is 13.1 Å². The van der Waals surface area contributed by atoms with Gasteiger partial charge in [-0.25, -0.2) is 4.98 Å². The molecule has 0 fully saturated rings. The second kappa shape index (κ2) is 5.87. The van der Waals surface area contributed by atoms with E-state index >= 15 is 0 Å². The zero-order valence-corrected chi connectivity index (χ0v) is 13.3. The molecule has 24 heavy (non-hydrogen) atoms. The fourth-order valence-corrected chi connectivity index (χ4v) is 2.90. The number of fused-ring (bicyclic) bond motifs is 2. The van der Waals surface area contributed by atoms with Crippen molar-refractivity contribution in [3.63, 3.8) is 0 Å². The van der Waals surface area contributed by atoms with Gasteiger partial charge in [0.15, 0.2) is 11.5 Å². The van der Waals surface area contributed by atoms with Gasteiger partial charge in [-0.2, -0.15) is 5.26 Å². The maximum Gasteiger partial charge on any atom is 0.231 e. The van der Waals surface area contributed by atoms with Crippen molar-refractivity contribution in [2.45, 2.75) is 13.1 Å². The molecule has 1 aromatic carbocycles. The Balaban J connectivity index is 1.52. The number of benzene rings is 1. The molecule has 0 radical (unpaired) electrons. The monoisotopic (exact) mass is 320 g/mol. The van der Waals surface area contributed by atoms with E-state index in [1.807, 2.05) is 41.1 Å². The molecule has 6 heteroatoms. The van der Waals surface area contributed by atoms with E-state index in [0.29, 0.717) is 5.56 Å². The van der Waals surface area contributed by atoms with Crippen molar-refractivity contribution >= 4 is 5.65 Å². The minimum absolute atomic E-state index is 0.289. The van der Waals surface area contributed by atoms with Gasteiger partial charge in [0.2, 0.25) is 6.79 Å². The molecular weight excluding hydrogens is 304 g/mol. The lowest BCUT2D eigenvalue weighted by atomic mass is 10.2. The summed E-state index contributed by atoms with van der Waals surface area (Å²) in [6.45, 7) is 1.80. The molecule has 0 aliphatic carbocycles. The summed E-state index contributed by atoms with van der Waals surface area (Å²) in [5.74, 6) is 1.60. The molecule has 1 aliphatic heterocycles. The molecule has 0 atom stereocenters. The average molecular weight is 320 g/mol. The van der Waals surface area contributed by atoms with E-state index in [4.69, 9.17) is 14.7 Å². The number of pyridine rings is 1. The Morgan fingerprint density at radius 1 is 1.21 bits per heavy atom. The summed E-state index contributed by atoms with van der Waals surface area (Å²) in [6, 6.07) is 11.8. The molecular formula is C18H16N4O2. The quantitative estimate of drug-likeness (QED) is 0.739. The molecule has 0 N–H and O–H groups in total. The topological polar surface area (TPSA) is 62.8 Å². The van der Waals surface area contributed by atoms with Crippen LogP contribution in [0.1, 0.15) is 16.8 Å². The molecule has 0 spiro atoms. The fraction of sp³-hybridized carbons (Fsp3) is 0.222. The van der Waals surface area contributed by atoms with E-state index < -0.39 is 0 Å². The lowest BCUT2D eigenvalue weighted by Crippen LogP contribution is -2.18. The van der Waals surface area contributed by atoms with Crippen LogP contribution in [-0.4, -0.2) is 28.1 Å². The number of nitrogens with zero attached hydrogens (tertiary/aromatic N) is 4. The first-order valence-corrected chi connectivity index (χ1v) is 7.66. The highest BCUT2D eigenvalue weighted by Crippen LogP contribution is 2.32. The molecule has 0 saturated heterocycles. The van der Waals surface area contributed by atoms with Gasteiger partial charge in [0.1, 0.15) is 11.7 Å². The molecule has 6 nitrogen and oxygen atoms in total. The molecule has 0 unspecified atom stereocenters. The Kier molecular flexibility index (Phi) is 3.56. The van der Waals surface area contributed by atoms with Crippen molar-refractivity contribution in [3.8, 4) is 17.6 Å². The van der Waals surface area contributed by atoms with Gasteiger partial charge in [-0.15, -0.1) is 0 Å². The zero-order valence-electron chi connectivity index (χ0n) is 13.3. The van der Waals surface area contributed by atoms with Gasteiger partial charge in [-0.1, -0.05) is 6.07 Å². The van der Waals surface area contributed by atoms with Crippen LogP contribution < -0.4 is 9.47 Å². The summed E-state index contributed by atoms with van der Waals surface area (Å²) in [5, 5.41) is 9.06. The van der Waals surface area contributed by atoms with E-state index in [2.05, 4.69) is 23.0 Å². The van der Waals surface area contributed by atoms with Crippen LogP contribution in [0.4, 0.5) is 0 Å². The Bertz CT molecular complexity index is 942. The second-order valence-electron chi connectivity index (χ2n) is 5.87. The number of hydrogen-bond acceptors (Lipinski definition) is 5. The number of hydrogen-bond donors (Lipinski definition) is 0. The normalized spacial score (nSPS) is 12.7. The smallest absolute Gasteiger partial charge is 0.231 e. The van der Waals surface area contributed by atoms with Crippen molar-refractivity contribution < 1.29 is 9.47 Å². The average Bonchev–Trinajstić information content (AvgIpc) is 3.21. The van der Waals surface area contributed by atoms with Crippen LogP contribution >= 0.6 is 0 Å². The lowest BCUT2D eigenvalue weighted by Gasteiger charge is -2.16. The van der Waals surface area contributed by atoms with Crippen molar-refractivity contribution in [1.82, 2.24) is 14.3 Å². The molecule has 3 heterocycles. The zero-order chi connectivity index (χ0) is 16.5. The number of nitriles is 1. The molecule has 2 aromatic heterocycles. The van der Waals surface area contributed by atoms with Crippen molar-refractivity contribution in [2.75, 3.05) is 13.8 Å². The van der Waals surface area contributed by atoms with Gasteiger partial charge < -0.3 is 13.9 Å². The van der Waals surface area contributed by atoms with Crippen LogP contribution in [0.5, 0.6) is 11.5 Å². The van der Waals surface area contributed by atoms with E-state index in [-0.39, 0.29) is 6.79 Å². The van der Waals surface area contributed by atoms with Crippen LogP contribution in [0.3, 0.4) is 0 Å².